The van der Waals surface area contributed by atoms with Gasteiger partial charge in [-0.3, -0.25) is 4.79 Å². The third kappa shape index (κ3) is 5.30. The lowest BCUT2D eigenvalue weighted by atomic mass is 9.90. The number of piperidine rings is 1. The zero-order valence-electron chi connectivity index (χ0n) is 12.5. The maximum atomic E-state index is 12.1. The molecule has 0 bridgehead atoms. The number of halogens is 1. The number of ether oxygens (including phenoxy) is 1. The second-order valence-corrected chi connectivity index (χ2v) is 5.52. The van der Waals surface area contributed by atoms with Crippen LogP contribution in [0.1, 0.15) is 18.4 Å². The SMILES string of the molecule is COCC(N)C(=O)N1CCC(Cc2ccccc2)CC1.Cl. The van der Waals surface area contributed by atoms with Crippen LogP contribution >= 0.6 is 12.4 Å². The normalized spacial score (nSPS) is 17.1. The van der Waals surface area contributed by atoms with Crippen LogP contribution in [-0.2, 0) is 16.0 Å². The first-order chi connectivity index (χ1) is 9.70. The summed E-state index contributed by atoms with van der Waals surface area (Å²) in [5.41, 5.74) is 7.18. The number of benzene rings is 1. The summed E-state index contributed by atoms with van der Waals surface area (Å²) in [4.78, 5) is 14.0. The molecule has 2 N–H and O–H groups in total. The van der Waals surface area contributed by atoms with Gasteiger partial charge in [0.15, 0.2) is 0 Å². The molecule has 0 aliphatic carbocycles. The van der Waals surface area contributed by atoms with Gasteiger partial charge in [0.25, 0.3) is 0 Å². The molecule has 0 saturated carbocycles. The topological polar surface area (TPSA) is 55.6 Å². The molecular weight excluding hydrogens is 288 g/mol. The third-order valence-corrected chi connectivity index (χ3v) is 3.96. The first-order valence-electron chi connectivity index (χ1n) is 7.28. The van der Waals surface area contributed by atoms with Crippen molar-refractivity contribution >= 4 is 18.3 Å². The van der Waals surface area contributed by atoms with Crippen LogP contribution in [0.2, 0.25) is 0 Å². The van der Waals surface area contributed by atoms with Crippen LogP contribution in [0.5, 0.6) is 0 Å². The van der Waals surface area contributed by atoms with Crippen LogP contribution in [0, 0.1) is 5.92 Å². The minimum atomic E-state index is -0.523. The number of amides is 1. The van der Waals surface area contributed by atoms with Crippen LogP contribution in [0.3, 0.4) is 0 Å². The molecule has 1 aliphatic rings. The summed E-state index contributed by atoms with van der Waals surface area (Å²) in [7, 11) is 1.57. The fourth-order valence-corrected chi connectivity index (χ4v) is 2.79. The van der Waals surface area contributed by atoms with Crippen LogP contribution < -0.4 is 5.73 Å². The zero-order valence-corrected chi connectivity index (χ0v) is 13.3. The van der Waals surface area contributed by atoms with Crippen molar-refractivity contribution in [3.63, 3.8) is 0 Å². The molecule has 1 amide bonds. The minimum absolute atomic E-state index is 0. The Kier molecular flexibility index (Phi) is 7.72. The number of carbonyl (C=O) groups is 1. The average molecular weight is 313 g/mol. The van der Waals surface area contributed by atoms with Crippen molar-refractivity contribution in [1.82, 2.24) is 4.90 Å². The van der Waals surface area contributed by atoms with E-state index in [9.17, 15) is 4.79 Å². The van der Waals surface area contributed by atoms with Crippen molar-refractivity contribution in [3.05, 3.63) is 35.9 Å². The van der Waals surface area contributed by atoms with Gasteiger partial charge in [-0.2, -0.15) is 0 Å². The van der Waals surface area contributed by atoms with Gasteiger partial charge in [0.2, 0.25) is 5.91 Å². The average Bonchev–Trinajstić information content (AvgIpc) is 2.48. The molecule has 4 nitrogen and oxygen atoms in total. The highest BCUT2D eigenvalue weighted by molar-refractivity contribution is 5.85. The van der Waals surface area contributed by atoms with E-state index in [-0.39, 0.29) is 18.3 Å². The van der Waals surface area contributed by atoms with Gasteiger partial charge < -0.3 is 15.4 Å². The summed E-state index contributed by atoms with van der Waals surface area (Å²) >= 11 is 0. The number of hydrogen-bond acceptors (Lipinski definition) is 3. The molecule has 1 heterocycles. The van der Waals surface area contributed by atoms with Crippen molar-refractivity contribution in [2.24, 2.45) is 11.7 Å². The summed E-state index contributed by atoms with van der Waals surface area (Å²) < 4.78 is 4.94. The molecule has 118 valence electrons. The number of rotatable bonds is 5. The number of carbonyl (C=O) groups excluding carboxylic acids is 1. The maximum absolute atomic E-state index is 12.1. The summed E-state index contributed by atoms with van der Waals surface area (Å²) in [6, 6.07) is 10.0. The third-order valence-electron chi connectivity index (χ3n) is 3.96. The molecular formula is C16H25ClN2O2. The summed E-state index contributed by atoms with van der Waals surface area (Å²) in [6.07, 6.45) is 3.22. The molecule has 1 saturated heterocycles. The van der Waals surface area contributed by atoms with Gasteiger partial charge in [0.05, 0.1) is 6.61 Å². The molecule has 0 aromatic heterocycles. The molecule has 0 radical (unpaired) electrons. The standard InChI is InChI=1S/C16H24N2O2.ClH/c1-20-12-15(17)16(19)18-9-7-14(8-10-18)11-13-5-3-2-4-6-13;/h2-6,14-15H,7-12,17H2,1H3;1H. The highest BCUT2D eigenvalue weighted by Crippen LogP contribution is 2.21. The molecule has 2 rings (SSSR count). The lowest BCUT2D eigenvalue weighted by Gasteiger charge is -2.33. The maximum Gasteiger partial charge on any atom is 0.241 e. The van der Waals surface area contributed by atoms with Gasteiger partial charge in [-0.1, -0.05) is 30.3 Å². The van der Waals surface area contributed by atoms with Crippen LogP contribution in [0.15, 0.2) is 30.3 Å². The highest BCUT2D eigenvalue weighted by atomic mass is 35.5. The van der Waals surface area contributed by atoms with E-state index in [0.717, 1.165) is 32.4 Å². The van der Waals surface area contributed by atoms with Crippen molar-refractivity contribution in [2.75, 3.05) is 26.8 Å². The van der Waals surface area contributed by atoms with Crippen LogP contribution in [0.25, 0.3) is 0 Å². The lowest BCUT2D eigenvalue weighted by Crippen LogP contribution is -2.49. The van der Waals surface area contributed by atoms with E-state index < -0.39 is 6.04 Å². The largest absolute Gasteiger partial charge is 0.383 e. The van der Waals surface area contributed by atoms with Crippen LogP contribution in [0.4, 0.5) is 0 Å². The van der Waals surface area contributed by atoms with Gasteiger partial charge in [-0.15, -0.1) is 12.4 Å². The Bertz CT molecular complexity index is 420. The van der Waals surface area contributed by atoms with Gasteiger partial charge in [-0.25, -0.2) is 0 Å². The predicted octanol–water partition coefficient (Wildman–Crippen LogP) is 1.86. The smallest absolute Gasteiger partial charge is 0.241 e. The van der Waals surface area contributed by atoms with Gasteiger partial charge in [0.1, 0.15) is 6.04 Å². The molecule has 1 aromatic rings. The van der Waals surface area contributed by atoms with E-state index >= 15 is 0 Å². The first-order valence-corrected chi connectivity index (χ1v) is 7.28. The highest BCUT2D eigenvalue weighted by Gasteiger charge is 2.26. The van der Waals surface area contributed by atoms with E-state index in [1.807, 2.05) is 11.0 Å². The van der Waals surface area contributed by atoms with E-state index in [1.165, 1.54) is 5.56 Å². The van der Waals surface area contributed by atoms with E-state index in [1.54, 1.807) is 7.11 Å². The van der Waals surface area contributed by atoms with E-state index in [2.05, 4.69) is 24.3 Å². The second-order valence-electron chi connectivity index (χ2n) is 5.52. The quantitative estimate of drug-likeness (QED) is 0.903. The summed E-state index contributed by atoms with van der Waals surface area (Å²) in [5.74, 6) is 0.685. The molecule has 1 fully saturated rings. The Labute approximate surface area is 133 Å². The first kappa shape index (κ1) is 18.0. The van der Waals surface area contributed by atoms with Gasteiger partial charge in [-0.05, 0) is 30.7 Å². The second kappa shape index (κ2) is 9.03. The molecule has 1 aromatic carbocycles. The molecule has 1 aliphatic heterocycles. The summed E-state index contributed by atoms with van der Waals surface area (Å²) in [6.45, 7) is 1.92. The predicted molar refractivity (Wildman–Crippen MR) is 86.5 cm³/mol. The Morgan fingerprint density at radius 1 is 1.33 bits per heavy atom. The molecule has 21 heavy (non-hydrogen) atoms. The van der Waals surface area contributed by atoms with E-state index in [0.29, 0.717) is 12.5 Å². The molecule has 0 spiro atoms. The fourth-order valence-electron chi connectivity index (χ4n) is 2.79. The van der Waals surface area contributed by atoms with Crippen molar-refractivity contribution in [1.29, 1.82) is 0 Å². The molecule has 1 unspecified atom stereocenters. The number of methoxy groups -OCH3 is 1. The van der Waals surface area contributed by atoms with Crippen molar-refractivity contribution in [3.8, 4) is 0 Å². The summed E-state index contributed by atoms with van der Waals surface area (Å²) in [5, 5.41) is 0. The lowest BCUT2D eigenvalue weighted by molar-refractivity contribution is -0.135. The minimum Gasteiger partial charge on any atom is -0.383 e. The molecule has 5 heteroatoms. The number of nitrogens with zero attached hydrogens (tertiary/aromatic N) is 1. The number of likely N-dealkylation sites (tertiary alicyclic amines) is 1. The van der Waals surface area contributed by atoms with E-state index in [4.69, 9.17) is 10.5 Å². The number of nitrogens with two attached hydrogens (primary N) is 1. The fraction of sp³-hybridized carbons (Fsp3) is 0.562. The Morgan fingerprint density at radius 3 is 2.52 bits per heavy atom. The van der Waals surface area contributed by atoms with Gasteiger partial charge in [0, 0.05) is 20.2 Å². The van der Waals surface area contributed by atoms with Crippen LogP contribution in [-0.4, -0.2) is 43.7 Å². The Balaban J connectivity index is 0.00000220. The zero-order chi connectivity index (χ0) is 14.4. The molecule has 1 atom stereocenters. The Hall–Kier alpha value is -1.10. The number of hydrogen-bond donors (Lipinski definition) is 1. The monoisotopic (exact) mass is 312 g/mol. The Morgan fingerprint density at radius 2 is 1.95 bits per heavy atom. The van der Waals surface area contributed by atoms with Gasteiger partial charge >= 0.3 is 0 Å². The van der Waals surface area contributed by atoms with Crippen molar-refractivity contribution < 1.29 is 9.53 Å². The van der Waals surface area contributed by atoms with Crippen molar-refractivity contribution in [2.45, 2.75) is 25.3 Å².